The van der Waals surface area contributed by atoms with Crippen molar-refractivity contribution in [1.29, 1.82) is 0 Å². The predicted octanol–water partition coefficient (Wildman–Crippen LogP) is 5.70. The average molecular weight is 353 g/mol. The second-order valence-electron chi connectivity index (χ2n) is 3.98. The summed E-state index contributed by atoms with van der Waals surface area (Å²) in [5.41, 5.74) is 1.03. The Hall–Kier alpha value is -1.17. The first-order valence-corrected chi connectivity index (χ1v) is 8.14. The van der Waals surface area contributed by atoms with Crippen LogP contribution >= 0.6 is 38.6 Å². The van der Waals surface area contributed by atoms with E-state index in [-0.39, 0.29) is 5.78 Å². The number of hydrogen-bond donors (Lipinski definition) is 0. The van der Waals surface area contributed by atoms with E-state index in [1.807, 2.05) is 29.0 Å². The summed E-state index contributed by atoms with van der Waals surface area (Å²) in [6.45, 7) is 1.51. The fourth-order valence-corrected chi connectivity index (χ4v) is 4.60. The van der Waals surface area contributed by atoms with Gasteiger partial charge in [0.05, 0.1) is 9.75 Å². The smallest absolute Gasteiger partial charge is 0.194 e. The second-order valence-corrected chi connectivity index (χ2v) is 6.67. The van der Waals surface area contributed by atoms with Crippen LogP contribution in [0.1, 0.15) is 17.5 Å². The molecule has 0 unspecified atom stereocenters. The lowest BCUT2D eigenvalue weighted by molar-refractivity contribution is 0.0988. The third-order valence-electron chi connectivity index (χ3n) is 2.71. The van der Waals surface area contributed by atoms with Crippen LogP contribution in [0.25, 0.3) is 21.1 Å². The molecule has 0 radical (unpaired) electrons. The monoisotopic (exact) mass is 352 g/mol. The van der Waals surface area contributed by atoms with Gasteiger partial charge in [0.25, 0.3) is 0 Å². The molecule has 0 bridgehead atoms. The van der Waals surface area contributed by atoms with Crippen molar-refractivity contribution in [3.8, 4) is 21.1 Å². The van der Waals surface area contributed by atoms with Crippen LogP contribution in [0.2, 0.25) is 0 Å². The van der Waals surface area contributed by atoms with Gasteiger partial charge < -0.3 is 4.42 Å². The Morgan fingerprint density at radius 3 is 2.47 bits per heavy atom. The van der Waals surface area contributed by atoms with Crippen molar-refractivity contribution in [2.75, 3.05) is 0 Å². The van der Waals surface area contributed by atoms with Crippen molar-refractivity contribution in [2.24, 2.45) is 0 Å². The summed E-state index contributed by atoms with van der Waals surface area (Å²) in [5, 5.41) is 4.08. The summed E-state index contributed by atoms with van der Waals surface area (Å²) >= 11 is 6.91. The molecule has 3 aromatic rings. The molecule has 0 saturated heterocycles. The van der Waals surface area contributed by atoms with Crippen LogP contribution < -0.4 is 0 Å². The molecule has 0 aliphatic heterocycles. The lowest BCUT2D eigenvalue weighted by Crippen LogP contribution is -1.86. The van der Waals surface area contributed by atoms with Gasteiger partial charge in [-0.2, -0.15) is 0 Å². The van der Waals surface area contributed by atoms with Crippen LogP contribution in [0.5, 0.6) is 0 Å². The molecule has 0 aliphatic rings. The Morgan fingerprint density at radius 1 is 1.11 bits per heavy atom. The highest BCUT2D eigenvalue weighted by Gasteiger charge is 2.16. The van der Waals surface area contributed by atoms with Crippen molar-refractivity contribution in [3.05, 3.63) is 45.3 Å². The highest BCUT2D eigenvalue weighted by molar-refractivity contribution is 9.10. The summed E-state index contributed by atoms with van der Waals surface area (Å²) < 4.78 is 6.70. The van der Waals surface area contributed by atoms with E-state index in [4.69, 9.17) is 4.42 Å². The molecule has 2 nitrogen and oxygen atoms in total. The van der Waals surface area contributed by atoms with Gasteiger partial charge in [0.15, 0.2) is 11.5 Å². The molecule has 3 heterocycles. The summed E-state index contributed by atoms with van der Waals surface area (Å²) in [6.07, 6.45) is 0. The number of hydrogen-bond acceptors (Lipinski definition) is 4. The van der Waals surface area contributed by atoms with Crippen LogP contribution in [0, 0.1) is 0 Å². The molecule has 3 aromatic heterocycles. The van der Waals surface area contributed by atoms with E-state index >= 15 is 0 Å². The zero-order valence-corrected chi connectivity index (χ0v) is 13.2. The molecule has 19 heavy (non-hydrogen) atoms. The lowest BCUT2D eigenvalue weighted by atomic mass is 10.2. The number of rotatable bonds is 3. The maximum absolute atomic E-state index is 11.3. The number of ketones is 1. The number of furan rings is 1. The van der Waals surface area contributed by atoms with Gasteiger partial charge in [-0.3, -0.25) is 4.79 Å². The minimum Gasteiger partial charge on any atom is -0.453 e. The van der Waals surface area contributed by atoms with E-state index in [0.717, 1.165) is 20.7 Å². The Labute approximate surface area is 126 Å². The minimum absolute atomic E-state index is 0.0552. The molecule has 0 aromatic carbocycles. The Balaban J connectivity index is 2.09. The van der Waals surface area contributed by atoms with Crippen molar-refractivity contribution < 1.29 is 9.21 Å². The zero-order chi connectivity index (χ0) is 13.4. The number of carbonyl (C=O) groups excluding carboxylic acids is 1. The van der Waals surface area contributed by atoms with Gasteiger partial charge in [-0.15, -0.1) is 22.7 Å². The van der Waals surface area contributed by atoms with E-state index in [0.29, 0.717) is 5.76 Å². The molecule has 0 saturated carbocycles. The molecule has 5 heteroatoms. The summed E-state index contributed by atoms with van der Waals surface area (Å²) in [6, 6.07) is 7.63. The van der Waals surface area contributed by atoms with Crippen molar-refractivity contribution in [1.82, 2.24) is 0 Å². The van der Waals surface area contributed by atoms with Crippen LogP contribution in [0.4, 0.5) is 0 Å². The van der Waals surface area contributed by atoms with Gasteiger partial charge in [-0.25, -0.2) is 0 Å². The highest BCUT2D eigenvalue weighted by atomic mass is 79.9. The molecule has 96 valence electrons. The van der Waals surface area contributed by atoms with Gasteiger partial charge in [0, 0.05) is 17.0 Å². The summed E-state index contributed by atoms with van der Waals surface area (Å²) in [5.74, 6) is 1.08. The topological polar surface area (TPSA) is 30.2 Å². The molecule has 0 spiro atoms. The molecule has 0 atom stereocenters. The van der Waals surface area contributed by atoms with Crippen LogP contribution in [0.3, 0.4) is 0 Å². The van der Waals surface area contributed by atoms with Gasteiger partial charge in [-0.05, 0) is 51.0 Å². The first-order chi connectivity index (χ1) is 9.16. The Kier molecular flexibility index (Phi) is 3.43. The quantitative estimate of drug-likeness (QED) is 0.565. The predicted molar refractivity (Wildman–Crippen MR) is 83.0 cm³/mol. The van der Waals surface area contributed by atoms with E-state index < -0.39 is 0 Å². The standard InChI is InChI=1S/C14H9BrO2S2/c1-8(16)11-2-3-12(17-11)9-4-6-18-13(9)14-10(15)5-7-19-14/h2-7H,1H3. The molecule has 0 fully saturated rings. The van der Waals surface area contributed by atoms with Crippen molar-refractivity contribution in [2.45, 2.75) is 6.92 Å². The molecule has 0 amide bonds. The first kappa shape index (κ1) is 12.8. The maximum Gasteiger partial charge on any atom is 0.194 e. The van der Waals surface area contributed by atoms with Gasteiger partial charge >= 0.3 is 0 Å². The largest absolute Gasteiger partial charge is 0.453 e. The SMILES string of the molecule is CC(=O)c1ccc(-c2ccsc2-c2sccc2Br)o1. The number of halogens is 1. The van der Waals surface area contributed by atoms with Crippen LogP contribution in [0.15, 0.2) is 43.9 Å². The number of carbonyl (C=O) groups is 1. The van der Waals surface area contributed by atoms with Crippen LogP contribution in [-0.2, 0) is 0 Å². The van der Waals surface area contributed by atoms with E-state index in [1.165, 1.54) is 11.8 Å². The molecule has 0 N–H and O–H groups in total. The fraction of sp³-hybridized carbons (Fsp3) is 0.0714. The third-order valence-corrected chi connectivity index (χ3v) is 5.62. The zero-order valence-electron chi connectivity index (χ0n) is 9.98. The van der Waals surface area contributed by atoms with E-state index in [2.05, 4.69) is 15.9 Å². The number of Topliss-reactive ketones (excluding diaryl/α,β-unsaturated/α-hetero) is 1. The van der Waals surface area contributed by atoms with E-state index in [1.54, 1.807) is 28.7 Å². The van der Waals surface area contributed by atoms with Crippen LogP contribution in [-0.4, -0.2) is 5.78 Å². The van der Waals surface area contributed by atoms with E-state index in [9.17, 15) is 4.79 Å². The van der Waals surface area contributed by atoms with Gasteiger partial charge in [0.2, 0.25) is 0 Å². The fourth-order valence-electron chi connectivity index (χ4n) is 1.81. The molecular formula is C14H9BrO2S2. The summed E-state index contributed by atoms with van der Waals surface area (Å²) in [7, 11) is 0. The molecular weight excluding hydrogens is 344 g/mol. The molecule has 3 rings (SSSR count). The number of thiophene rings is 2. The Bertz CT molecular complexity index is 736. The lowest BCUT2D eigenvalue weighted by Gasteiger charge is -1.99. The first-order valence-electron chi connectivity index (χ1n) is 5.59. The minimum atomic E-state index is -0.0552. The van der Waals surface area contributed by atoms with Crippen molar-refractivity contribution in [3.63, 3.8) is 0 Å². The highest BCUT2D eigenvalue weighted by Crippen LogP contribution is 2.43. The second kappa shape index (κ2) is 5.07. The Morgan fingerprint density at radius 2 is 1.84 bits per heavy atom. The normalized spacial score (nSPS) is 10.8. The average Bonchev–Trinajstić information content (AvgIpc) is 3.06. The van der Waals surface area contributed by atoms with Gasteiger partial charge in [-0.1, -0.05) is 0 Å². The van der Waals surface area contributed by atoms with Gasteiger partial charge in [0.1, 0.15) is 5.76 Å². The third kappa shape index (κ3) is 2.33. The van der Waals surface area contributed by atoms with Crippen molar-refractivity contribution >= 4 is 44.4 Å². The summed E-state index contributed by atoms with van der Waals surface area (Å²) in [4.78, 5) is 13.6. The maximum atomic E-state index is 11.3. The molecule has 0 aliphatic carbocycles.